The second kappa shape index (κ2) is 3.70. The first kappa shape index (κ1) is 9.66. The van der Waals surface area contributed by atoms with Crippen molar-refractivity contribution in [1.29, 1.82) is 0 Å². The number of halogens is 1. The maximum atomic E-state index is 5.98. The Bertz CT molecular complexity index is 338. The van der Waals surface area contributed by atoms with Crippen molar-refractivity contribution in [2.24, 2.45) is 0 Å². The van der Waals surface area contributed by atoms with Gasteiger partial charge in [0.15, 0.2) is 0 Å². The van der Waals surface area contributed by atoms with E-state index in [0.29, 0.717) is 6.04 Å². The molecule has 76 valence electrons. The zero-order valence-corrected chi connectivity index (χ0v) is 9.30. The number of anilines is 2. The summed E-state index contributed by atoms with van der Waals surface area (Å²) in [6.45, 7) is 3.28. The van der Waals surface area contributed by atoms with Gasteiger partial charge in [0.05, 0.1) is 11.4 Å². The van der Waals surface area contributed by atoms with Gasteiger partial charge in [-0.25, -0.2) is 0 Å². The maximum Gasteiger partial charge on any atom is 0.0614 e. The number of benzene rings is 1. The first-order valence-corrected chi connectivity index (χ1v) is 5.32. The van der Waals surface area contributed by atoms with Gasteiger partial charge >= 0.3 is 0 Å². The van der Waals surface area contributed by atoms with Crippen LogP contribution >= 0.6 is 11.6 Å². The molecule has 1 aliphatic rings. The van der Waals surface area contributed by atoms with E-state index in [-0.39, 0.29) is 0 Å². The third-order valence-corrected chi connectivity index (χ3v) is 2.91. The van der Waals surface area contributed by atoms with Crippen LogP contribution in [0, 0.1) is 0 Å². The third-order valence-electron chi connectivity index (χ3n) is 2.67. The van der Waals surface area contributed by atoms with E-state index < -0.39 is 0 Å². The molecular formula is C11H15ClN2. The summed E-state index contributed by atoms with van der Waals surface area (Å²) in [6, 6.07) is 6.52. The van der Waals surface area contributed by atoms with Crippen LogP contribution < -0.4 is 10.2 Å². The molecule has 1 N–H and O–H groups in total. The van der Waals surface area contributed by atoms with Crippen molar-refractivity contribution in [2.45, 2.75) is 19.4 Å². The summed E-state index contributed by atoms with van der Waals surface area (Å²) in [5, 5.41) is 4.28. The molecule has 1 aliphatic heterocycles. The van der Waals surface area contributed by atoms with Gasteiger partial charge in [0.25, 0.3) is 0 Å². The van der Waals surface area contributed by atoms with Crippen molar-refractivity contribution in [3.05, 3.63) is 23.2 Å². The average Bonchev–Trinajstić information content (AvgIpc) is 2.29. The van der Waals surface area contributed by atoms with Crippen molar-refractivity contribution in [3.63, 3.8) is 0 Å². The van der Waals surface area contributed by atoms with Crippen LogP contribution in [0.5, 0.6) is 0 Å². The zero-order chi connectivity index (χ0) is 10.1. The number of hydrogen-bond acceptors (Lipinski definition) is 2. The predicted molar refractivity (Wildman–Crippen MR) is 62.4 cm³/mol. The molecule has 0 saturated heterocycles. The number of hydrogen-bond donors (Lipinski definition) is 1. The molecule has 3 heteroatoms. The largest absolute Gasteiger partial charge is 0.381 e. The van der Waals surface area contributed by atoms with Crippen LogP contribution in [0.2, 0.25) is 5.02 Å². The second-order valence-electron chi connectivity index (χ2n) is 3.92. The summed E-state index contributed by atoms with van der Waals surface area (Å²) in [6.07, 6.45) is 1.16. The van der Waals surface area contributed by atoms with Crippen LogP contribution in [0.4, 0.5) is 11.4 Å². The molecule has 0 fully saturated rings. The molecule has 2 nitrogen and oxygen atoms in total. The molecule has 1 aromatic carbocycles. The Morgan fingerprint density at radius 2 is 2.29 bits per heavy atom. The lowest BCUT2D eigenvalue weighted by Gasteiger charge is -2.18. The van der Waals surface area contributed by atoms with E-state index in [9.17, 15) is 0 Å². The number of fused-ring (bicyclic) bond motifs is 1. The number of nitrogens with one attached hydrogen (secondary N) is 1. The Hall–Kier alpha value is -0.890. The molecule has 0 aliphatic carbocycles. The highest BCUT2D eigenvalue weighted by atomic mass is 35.5. The van der Waals surface area contributed by atoms with Crippen LogP contribution in [0.15, 0.2) is 18.2 Å². The molecule has 0 aromatic heterocycles. The van der Waals surface area contributed by atoms with Crippen LogP contribution in [-0.4, -0.2) is 19.6 Å². The molecule has 0 bridgehead atoms. The summed E-state index contributed by atoms with van der Waals surface area (Å²) in [5.41, 5.74) is 2.38. The van der Waals surface area contributed by atoms with Gasteiger partial charge in [-0.15, -0.1) is 0 Å². The fraction of sp³-hybridized carbons (Fsp3) is 0.455. The molecule has 2 rings (SSSR count). The first-order valence-electron chi connectivity index (χ1n) is 4.94. The van der Waals surface area contributed by atoms with E-state index in [1.807, 2.05) is 12.1 Å². The Balaban J connectivity index is 2.42. The number of rotatable bonds is 0. The van der Waals surface area contributed by atoms with Gasteiger partial charge < -0.3 is 10.2 Å². The SMILES string of the molecule is CC1CCN(C)c2cc(Cl)ccc2N1. The lowest BCUT2D eigenvalue weighted by atomic mass is 10.2. The highest BCUT2D eigenvalue weighted by Crippen LogP contribution is 2.31. The minimum absolute atomic E-state index is 0.528. The quantitative estimate of drug-likeness (QED) is 0.708. The first-order chi connectivity index (χ1) is 6.66. The molecule has 0 spiro atoms. The minimum Gasteiger partial charge on any atom is -0.381 e. The van der Waals surface area contributed by atoms with Crippen LogP contribution in [0.25, 0.3) is 0 Å². The molecule has 1 heterocycles. The van der Waals surface area contributed by atoms with E-state index in [1.165, 1.54) is 11.4 Å². The Kier molecular flexibility index (Phi) is 2.55. The Labute approximate surface area is 89.9 Å². The van der Waals surface area contributed by atoms with Crippen molar-refractivity contribution in [3.8, 4) is 0 Å². The Morgan fingerprint density at radius 1 is 1.50 bits per heavy atom. The molecule has 0 radical (unpaired) electrons. The highest BCUT2D eigenvalue weighted by molar-refractivity contribution is 6.31. The topological polar surface area (TPSA) is 15.3 Å². The summed E-state index contributed by atoms with van der Waals surface area (Å²) >= 11 is 5.98. The molecule has 14 heavy (non-hydrogen) atoms. The average molecular weight is 211 g/mol. The lowest BCUT2D eigenvalue weighted by molar-refractivity contribution is 0.711. The van der Waals surface area contributed by atoms with Gasteiger partial charge in [0.2, 0.25) is 0 Å². The highest BCUT2D eigenvalue weighted by Gasteiger charge is 2.15. The van der Waals surface area contributed by atoms with Gasteiger partial charge in [0, 0.05) is 24.7 Å². The van der Waals surface area contributed by atoms with Gasteiger partial charge in [-0.05, 0) is 31.5 Å². The third kappa shape index (κ3) is 1.80. The molecule has 1 unspecified atom stereocenters. The lowest BCUT2D eigenvalue weighted by Crippen LogP contribution is -2.19. The monoisotopic (exact) mass is 210 g/mol. The standard InChI is InChI=1S/C11H15ClN2/c1-8-5-6-14(2)11-7-9(12)3-4-10(11)13-8/h3-4,7-8,13H,5-6H2,1-2H3. The summed E-state index contributed by atoms with van der Waals surface area (Å²) in [4.78, 5) is 2.25. The number of nitrogens with zero attached hydrogens (tertiary/aromatic N) is 1. The second-order valence-corrected chi connectivity index (χ2v) is 4.35. The molecule has 1 aromatic rings. The normalized spacial score (nSPS) is 21.1. The maximum absolute atomic E-state index is 5.98. The molecule has 0 saturated carbocycles. The summed E-state index contributed by atoms with van der Waals surface area (Å²) < 4.78 is 0. The summed E-state index contributed by atoms with van der Waals surface area (Å²) in [7, 11) is 2.11. The van der Waals surface area contributed by atoms with E-state index in [0.717, 1.165) is 18.0 Å². The van der Waals surface area contributed by atoms with E-state index >= 15 is 0 Å². The van der Waals surface area contributed by atoms with E-state index in [4.69, 9.17) is 11.6 Å². The van der Waals surface area contributed by atoms with Crippen LogP contribution in [0.3, 0.4) is 0 Å². The summed E-state index contributed by atoms with van der Waals surface area (Å²) in [5.74, 6) is 0. The van der Waals surface area contributed by atoms with Crippen molar-refractivity contribution >= 4 is 23.0 Å². The smallest absolute Gasteiger partial charge is 0.0614 e. The van der Waals surface area contributed by atoms with Crippen LogP contribution in [-0.2, 0) is 0 Å². The minimum atomic E-state index is 0.528. The predicted octanol–water partition coefficient (Wildman–Crippen LogP) is 2.98. The zero-order valence-electron chi connectivity index (χ0n) is 8.55. The van der Waals surface area contributed by atoms with E-state index in [2.05, 4.69) is 30.3 Å². The molecule has 1 atom stereocenters. The van der Waals surface area contributed by atoms with Gasteiger partial charge in [-0.2, -0.15) is 0 Å². The van der Waals surface area contributed by atoms with Crippen molar-refractivity contribution in [2.75, 3.05) is 23.8 Å². The van der Waals surface area contributed by atoms with Gasteiger partial charge in [0.1, 0.15) is 0 Å². The fourth-order valence-electron chi connectivity index (χ4n) is 1.79. The fourth-order valence-corrected chi connectivity index (χ4v) is 1.95. The van der Waals surface area contributed by atoms with Crippen molar-refractivity contribution < 1.29 is 0 Å². The van der Waals surface area contributed by atoms with Gasteiger partial charge in [-0.1, -0.05) is 11.6 Å². The molecule has 0 amide bonds. The van der Waals surface area contributed by atoms with E-state index in [1.54, 1.807) is 0 Å². The van der Waals surface area contributed by atoms with Crippen LogP contribution in [0.1, 0.15) is 13.3 Å². The van der Waals surface area contributed by atoms with Crippen molar-refractivity contribution in [1.82, 2.24) is 0 Å². The Morgan fingerprint density at radius 3 is 3.07 bits per heavy atom. The van der Waals surface area contributed by atoms with Gasteiger partial charge in [-0.3, -0.25) is 0 Å². The molecular weight excluding hydrogens is 196 g/mol.